The third-order valence-electron chi connectivity index (χ3n) is 4.17. The van der Waals surface area contributed by atoms with Crippen LogP contribution in [0, 0.1) is 0 Å². The molecule has 0 amide bonds. The topological polar surface area (TPSA) is 32.8 Å². The van der Waals surface area contributed by atoms with Crippen LogP contribution in [0.2, 0.25) is 0 Å². The lowest BCUT2D eigenvalue weighted by molar-refractivity contribution is 0.112. The molecule has 2 rings (SSSR count). The van der Waals surface area contributed by atoms with Gasteiger partial charge in [-0.2, -0.15) is 0 Å². The van der Waals surface area contributed by atoms with Crippen molar-refractivity contribution >= 4 is 6.29 Å². The van der Waals surface area contributed by atoms with Crippen molar-refractivity contribution in [2.24, 2.45) is 0 Å². The summed E-state index contributed by atoms with van der Waals surface area (Å²) in [5.74, 6) is 0.857. The van der Waals surface area contributed by atoms with Gasteiger partial charge in [0.2, 0.25) is 0 Å². The zero-order chi connectivity index (χ0) is 14.5. The summed E-state index contributed by atoms with van der Waals surface area (Å²) in [4.78, 5) is 15.7. The van der Waals surface area contributed by atoms with E-state index in [1.54, 1.807) is 13.2 Å². The number of likely N-dealkylation sites (tertiary alicyclic amines) is 1. The van der Waals surface area contributed by atoms with Crippen molar-refractivity contribution in [2.45, 2.75) is 25.4 Å². The molecule has 1 aromatic carbocycles. The van der Waals surface area contributed by atoms with Gasteiger partial charge in [0.25, 0.3) is 0 Å². The van der Waals surface area contributed by atoms with Crippen LogP contribution in [0.15, 0.2) is 18.2 Å². The Morgan fingerprint density at radius 2 is 2.10 bits per heavy atom. The van der Waals surface area contributed by atoms with Crippen LogP contribution < -0.4 is 4.74 Å². The molecular weight excluding hydrogens is 252 g/mol. The molecule has 4 heteroatoms. The lowest BCUT2D eigenvalue weighted by Gasteiger charge is -2.35. The minimum absolute atomic E-state index is 0.607. The van der Waals surface area contributed by atoms with Gasteiger partial charge in [-0.15, -0.1) is 0 Å². The molecule has 0 bridgehead atoms. The zero-order valence-electron chi connectivity index (χ0n) is 12.6. The van der Waals surface area contributed by atoms with Gasteiger partial charge in [-0.1, -0.05) is 0 Å². The Labute approximate surface area is 121 Å². The van der Waals surface area contributed by atoms with Crippen LogP contribution in [0.5, 0.6) is 5.75 Å². The van der Waals surface area contributed by atoms with Crippen molar-refractivity contribution < 1.29 is 9.53 Å². The molecule has 1 saturated heterocycles. The number of benzene rings is 1. The van der Waals surface area contributed by atoms with Crippen molar-refractivity contribution in [1.29, 1.82) is 0 Å². The summed E-state index contributed by atoms with van der Waals surface area (Å²) < 4.78 is 5.40. The van der Waals surface area contributed by atoms with Gasteiger partial charge in [0, 0.05) is 23.7 Å². The van der Waals surface area contributed by atoms with E-state index in [4.69, 9.17) is 4.74 Å². The smallest absolute Gasteiger partial charge is 0.150 e. The Bertz CT molecular complexity index is 454. The molecule has 1 fully saturated rings. The van der Waals surface area contributed by atoms with Gasteiger partial charge in [-0.25, -0.2) is 0 Å². The maximum Gasteiger partial charge on any atom is 0.150 e. The third kappa shape index (κ3) is 3.58. The van der Waals surface area contributed by atoms with Gasteiger partial charge in [0.1, 0.15) is 12.0 Å². The molecule has 4 nitrogen and oxygen atoms in total. The van der Waals surface area contributed by atoms with E-state index in [0.717, 1.165) is 37.2 Å². The molecule has 1 heterocycles. The number of aldehydes is 1. The average Bonchev–Trinajstić information content (AvgIpc) is 2.47. The van der Waals surface area contributed by atoms with Gasteiger partial charge in [-0.3, -0.25) is 9.69 Å². The number of hydrogen-bond acceptors (Lipinski definition) is 4. The number of carbonyl (C=O) groups is 1. The lowest BCUT2D eigenvalue weighted by Crippen LogP contribution is -2.41. The molecule has 0 unspecified atom stereocenters. The summed E-state index contributed by atoms with van der Waals surface area (Å²) in [6.45, 7) is 3.13. The molecule has 1 aliphatic rings. The molecule has 0 aromatic heterocycles. The fourth-order valence-electron chi connectivity index (χ4n) is 2.83. The first kappa shape index (κ1) is 15.0. The monoisotopic (exact) mass is 276 g/mol. The average molecular weight is 276 g/mol. The van der Waals surface area contributed by atoms with Crippen molar-refractivity contribution in [3.05, 3.63) is 29.3 Å². The van der Waals surface area contributed by atoms with Crippen molar-refractivity contribution in [1.82, 2.24) is 9.80 Å². The number of rotatable bonds is 5. The fourth-order valence-corrected chi connectivity index (χ4v) is 2.83. The van der Waals surface area contributed by atoms with Gasteiger partial charge in [0.15, 0.2) is 0 Å². The van der Waals surface area contributed by atoms with Gasteiger partial charge in [0.05, 0.1) is 7.11 Å². The molecule has 0 N–H and O–H groups in total. The molecular formula is C16H24N2O2. The van der Waals surface area contributed by atoms with E-state index >= 15 is 0 Å². The zero-order valence-corrected chi connectivity index (χ0v) is 12.6. The van der Waals surface area contributed by atoms with Crippen molar-refractivity contribution in [2.75, 3.05) is 34.3 Å². The summed E-state index contributed by atoms with van der Waals surface area (Å²) >= 11 is 0. The van der Waals surface area contributed by atoms with E-state index < -0.39 is 0 Å². The number of carbonyl (C=O) groups excluding carboxylic acids is 1. The molecule has 110 valence electrons. The van der Waals surface area contributed by atoms with Crippen LogP contribution >= 0.6 is 0 Å². The van der Waals surface area contributed by atoms with Gasteiger partial charge in [-0.05, 0) is 58.2 Å². The van der Waals surface area contributed by atoms with Gasteiger partial charge < -0.3 is 9.64 Å². The number of ether oxygens (including phenoxy) is 1. The Kier molecular flexibility index (Phi) is 5.15. The second-order valence-electron chi connectivity index (χ2n) is 5.64. The standard InChI is InChI=1S/C16H24N2O2/c1-17-8-6-15(7-9-17)18(2)11-14-10-13(12-19)4-5-16(14)20-3/h4-5,10,12,15H,6-9,11H2,1-3H3. The van der Waals surface area contributed by atoms with Crippen LogP contribution in [0.25, 0.3) is 0 Å². The SMILES string of the molecule is COc1ccc(C=O)cc1CN(C)C1CCN(C)CC1. The first-order valence-electron chi connectivity index (χ1n) is 7.15. The van der Waals surface area contributed by atoms with Crippen molar-refractivity contribution in [3.63, 3.8) is 0 Å². The molecule has 0 spiro atoms. The predicted molar refractivity (Wildman–Crippen MR) is 80.4 cm³/mol. The Balaban J connectivity index is 2.06. The summed E-state index contributed by atoms with van der Waals surface area (Å²) in [6.07, 6.45) is 3.28. The first-order valence-corrected chi connectivity index (χ1v) is 7.15. The maximum absolute atomic E-state index is 10.9. The van der Waals surface area contributed by atoms with E-state index in [-0.39, 0.29) is 0 Å². The second-order valence-corrected chi connectivity index (χ2v) is 5.64. The van der Waals surface area contributed by atoms with E-state index in [1.165, 1.54) is 12.8 Å². The summed E-state index contributed by atoms with van der Waals surface area (Å²) in [5, 5.41) is 0. The molecule has 1 aromatic rings. The second kappa shape index (κ2) is 6.86. The minimum atomic E-state index is 0.607. The highest BCUT2D eigenvalue weighted by molar-refractivity contribution is 5.75. The highest BCUT2D eigenvalue weighted by atomic mass is 16.5. The third-order valence-corrected chi connectivity index (χ3v) is 4.17. The van der Waals surface area contributed by atoms with Crippen LogP contribution in [-0.2, 0) is 6.54 Å². The predicted octanol–water partition coefficient (Wildman–Crippen LogP) is 2.03. The molecule has 0 radical (unpaired) electrons. The normalized spacial score (nSPS) is 17.4. The van der Waals surface area contributed by atoms with Crippen LogP contribution in [0.3, 0.4) is 0 Å². The highest BCUT2D eigenvalue weighted by Gasteiger charge is 2.21. The number of hydrogen-bond donors (Lipinski definition) is 0. The Hall–Kier alpha value is -1.39. The van der Waals surface area contributed by atoms with Crippen LogP contribution in [0.1, 0.15) is 28.8 Å². The fraction of sp³-hybridized carbons (Fsp3) is 0.562. The lowest BCUT2D eigenvalue weighted by atomic mass is 10.0. The largest absolute Gasteiger partial charge is 0.496 e. The number of nitrogens with zero attached hydrogens (tertiary/aromatic N) is 2. The maximum atomic E-state index is 10.9. The molecule has 1 aliphatic heterocycles. The molecule has 20 heavy (non-hydrogen) atoms. The van der Waals surface area contributed by atoms with Crippen LogP contribution in [-0.4, -0.2) is 56.4 Å². The quantitative estimate of drug-likeness (QED) is 0.771. The molecule has 0 aliphatic carbocycles. The first-order chi connectivity index (χ1) is 9.63. The Morgan fingerprint density at radius 3 is 2.70 bits per heavy atom. The van der Waals surface area contributed by atoms with E-state index in [9.17, 15) is 4.79 Å². The molecule has 0 saturated carbocycles. The number of piperidine rings is 1. The van der Waals surface area contributed by atoms with Crippen molar-refractivity contribution in [3.8, 4) is 5.75 Å². The summed E-state index contributed by atoms with van der Waals surface area (Å²) in [6, 6.07) is 6.21. The number of methoxy groups -OCH3 is 1. The van der Waals surface area contributed by atoms with E-state index in [2.05, 4.69) is 23.9 Å². The highest BCUT2D eigenvalue weighted by Crippen LogP contribution is 2.23. The molecule has 0 atom stereocenters. The Morgan fingerprint density at radius 1 is 1.40 bits per heavy atom. The minimum Gasteiger partial charge on any atom is -0.496 e. The van der Waals surface area contributed by atoms with Crippen LogP contribution in [0.4, 0.5) is 0 Å². The summed E-state index contributed by atoms with van der Waals surface area (Å²) in [7, 11) is 6.00. The van der Waals surface area contributed by atoms with E-state index in [1.807, 2.05) is 12.1 Å². The van der Waals surface area contributed by atoms with E-state index in [0.29, 0.717) is 11.6 Å². The summed E-state index contributed by atoms with van der Waals surface area (Å²) in [5.41, 5.74) is 1.79. The van der Waals surface area contributed by atoms with Gasteiger partial charge >= 0.3 is 0 Å².